The Kier molecular flexibility index (Phi) is 3.31. The van der Waals surface area contributed by atoms with E-state index in [1.807, 2.05) is 60.7 Å². The first-order valence-electron chi connectivity index (χ1n) is 7.66. The van der Waals surface area contributed by atoms with Gasteiger partial charge < -0.3 is 4.74 Å². The third kappa shape index (κ3) is 2.07. The number of hydrogen-bond acceptors (Lipinski definition) is 3. The highest BCUT2D eigenvalue weighted by Crippen LogP contribution is 2.30. The molecule has 0 aliphatic carbocycles. The van der Waals surface area contributed by atoms with Crippen molar-refractivity contribution < 1.29 is 19.1 Å². The fraction of sp³-hybridized carbons (Fsp3) is 0.100. The number of ether oxygens (including phenoxy) is 1. The number of Topliss-reactive ketones (excluding diaryl/α,β-unsaturated/α-hetero) is 1. The largest absolute Gasteiger partial charge is 0.497 e. The Bertz CT molecular complexity index is 1000. The first-order chi connectivity index (χ1) is 11.7. The SMILES string of the molecule is COc1ccc2cc(C3=[N+](OC)c4ccccc4C3=O)ccc2c1. The summed E-state index contributed by atoms with van der Waals surface area (Å²) in [5.41, 5.74) is 2.80. The van der Waals surface area contributed by atoms with E-state index in [0.717, 1.165) is 27.8 Å². The molecule has 118 valence electrons. The van der Waals surface area contributed by atoms with E-state index in [9.17, 15) is 4.79 Å². The van der Waals surface area contributed by atoms with E-state index in [1.165, 1.54) is 0 Å². The highest BCUT2D eigenvalue weighted by Gasteiger charge is 2.41. The average molecular weight is 318 g/mol. The van der Waals surface area contributed by atoms with Crippen LogP contribution in [0.3, 0.4) is 0 Å². The maximum atomic E-state index is 12.8. The summed E-state index contributed by atoms with van der Waals surface area (Å²) >= 11 is 0. The molecule has 0 aromatic heterocycles. The molecule has 1 aliphatic heterocycles. The summed E-state index contributed by atoms with van der Waals surface area (Å²) in [6.07, 6.45) is 0. The molecule has 4 rings (SSSR count). The Hall–Kier alpha value is -3.14. The number of methoxy groups -OCH3 is 1. The molecule has 0 N–H and O–H groups in total. The van der Waals surface area contributed by atoms with Crippen LogP contribution in [0.5, 0.6) is 5.75 Å². The van der Waals surface area contributed by atoms with E-state index in [2.05, 4.69) is 0 Å². The van der Waals surface area contributed by atoms with Gasteiger partial charge in [0.05, 0.1) is 12.7 Å². The Morgan fingerprint density at radius 1 is 0.875 bits per heavy atom. The van der Waals surface area contributed by atoms with Crippen molar-refractivity contribution in [3.8, 4) is 5.75 Å². The van der Waals surface area contributed by atoms with Crippen LogP contribution in [0.2, 0.25) is 0 Å². The van der Waals surface area contributed by atoms with E-state index in [1.54, 1.807) is 19.0 Å². The summed E-state index contributed by atoms with van der Waals surface area (Å²) in [7, 11) is 3.22. The molecule has 24 heavy (non-hydrogen) atoms. The number of benzene rings is 3. The zero-order valence-electron chi connectivity index (χ0n) is 13.4. The molecule has 0 atom stereocenters. The topological polar surface area (TPSA) is 38.5 Å². The summed E-state index contributed by atoms with van der Waals surface area (Å²) in [6, 6.07) is 19.3. The fourth-order valence-corrected chi connectivity index (χ4v) is 3.12. The van der Waals surface area contributed by atoms with Crippen LogP contribution in [0, 0.1) is 0 Å². The maximum Gasteiger partial charge on any atom is 0.313 e. The Labute approximate surface area is 139 Å². The highest BCUT2D eigenvalue weighted by molar-refractivity contribution is 6.52. The van der Waals surface area contributed by atoms with Gasteiger partial charge in [0.2, 0.25) is 0 Å². The van der Waals surface area contributed by atoms with Crippen LogP contribution < -0.4 is 4.74 Å². The van der Waals surface area contributed by atoms with Gasteiger partial charge in [0.1, 0.15) is 18.4 Å². The van der Waals surface area contributed by atoms with Gasteiger partial charge in [-0.3, -0.25) is 9.63 Å². The lowest BCUT2D eigenvalue weighted by Crippen LogP contribution is -2.19. The Morgan fingerprint density at radius 3 is 2.42 bits per heavy atom. The standard InChI is InChI=1S/C20H16NO3/c1-23-16-10-9-13-11-15(8-7-14(13)12-16)19-20(22)17-5-3-4-6-18(17)21(19)24-2/h3-12H,1-2H3/q+1. The molecular weight excluding hydrogens is 302 g/mol. The Balaban J connectivity index is 1.89. The van der Waals surface area contributed by atoms with Crippen molar-refractivity contribution in [1.29, 1.82) is 0 Å². The molecule has 0 saturated carbocycles. The minimum absolute atomic E-state index is 0.0275. The van der Waals surface area contributed by atoms with Crippen LogP contribution in [0.25, 0.3) is 10.8 Å². The number of carbonyl (C=O) groups excluding carboxylic acids is 1. The molecule has 1 aliphatic rings. The second-order valence-corrected chi connectivity index (χ2v) is 5.60. The van der Waals surface area contributed by atoms with E-state index < -0.39 is 0 Å². The zero-order chi connectivity index (χ0) is 16.7. The molecule has 0 bridgehead atoms. The van der Waals surface area contributed by atoms with Gasteiger partial charge in [0, 0.05) is 10.8 Å². The van der Waals surface area contributed by atoms with Gasteiger partial charge in [-0.25, -0.2) is 0 Å². The highest BCUT2D eigenvalue weighted by atomic mass is 16.7. The average Bonchev–Trinajstić information content (AvgIpc) is 2.93. The number of ketones is 1. The van der Waals surface area contributed by atoms with Crippen molar-refractivity contribution in [3.05, 3.63) is 71.8 Å². The summed E-state index contributed by atoms with van der Waals surface area (Å²) in [5, 5.41) is 2.10. The molecule has 3 aromatic rings. The van der Waals surface area contributed by atoms with Gasteiger partial charge in [0.15, 0.2) is 0 Å². The lowest BCUT2D eigenvalue weighted by molar-refractivity contribution is -0.717. The van der Waals surface area contributed by atoms with Gasteiger partial charge in [0.25, 0.3) is 11.5 Å². The Morgan fingerprint density at radius 2 is 1.62 bits per heavy atom. The predicted molar refractivity (Wildman–Crippen MR) is 92.3 cm³/mol. The molecule has 3 aromatic carbocycles. The third-order valence-electron chi connectivity index (χ3n) is 4.29. The number of para-hydroxylation sites is 1. The van der Waals surface area contributed by atoms with Crippen molar-refractivity contribution in [1.82, 2.24) is 0 Å². The van der Waals surface area contributed by atoms with Gasteiger partial charge in [-0.1, -0.05) is 24.3 Å². The maximum absolute atomic E-state index is 12.8. The van der Waals surface area contributed by atoms with Crippen LogP contribution in [0.4, 0.5) is 5.69 Å². The third-order valence-corrected chi connectivity index (χ3v) is 4.29. The van der Waals surface area contributed by atoms with Crippen molar-refractivity contribution >= 4 is 28.0 Å². The summed E-state index contributed by atoms with van der Waals surface area (Å²) in [6.45, 7) is 0. The molecule has 0 spiro atoms. The lowest BCUT2D eigenvalue weighted by atomic mass is 10.00. The molecule has 0 saturated heterocycles. The molecule has 0 amide bonds. The second-order valence-electron chi connectivity index (χ2n) is 5.60. The number of rotatable bonds is 3. The summed E-state index contributed by atoms with van der Waals surface area (Å²) in [5.74, 6) is 0.783. The molecule has 4 heteroatoms. The molecule has 0 fully saturated rings. The molecule has 1 heterocycles. The normalized spacial score (nSPS) is 13.3. The van der Waals surface area contributed by atoms with Crippen LogP contribution in [0.1, 0.15) is 15.9 Å². The van der Waals surface area contributed by atoms with Crippen molar-refractivity contribution in [2.75, 3.05) is 14.2 Å². The van der Waals surface area contributed by atoms with Gasteiger partial charge in [-0.15, -0.1) is 0 Å². The lowest BCUT2D eigenvalue weighted by Gasteiger charge is -2.04. The second kappa shape index (κ2) is 5.49. The van der Waals surface area contributed by atoms with Crippen LogP contribution in [-0.4, -0.2) is 30.5 Å². The van der Waals surface area contributed by atoms with E-state index >= 15 is 0 Å². The summed E-state index contributed by atoms with van der Waals surface area (Å²) in [4.78, 5) is 18.3. The summed E-state index contributed by atoms with van der Waals surface area (Å²) < 4.78 is 6.86. The molecule has 0 unspecified atom stereocenters. The van der Waals surface area contributed by atoms with Crippen molar-refractivity contribution in [2.45, 2.75) is 0 Å². The minimum Gasteiger partial charge on any atom is -0.497 e. The van der Waals surface area contributed by atoms with E-state index in [4.69, 9.17) is 9.57 Å². The quantitative estimate of drug-likeness (QED) is 0.691. The number of hydrogen-bond donors (Lipinski definition) is 0. The van der Waals surface area contributed by atoms with Crippen molar-refractivity contribution in [3.63, 3.8) is 0 Å². The van der Waals surface area contributed by atoms with Crippen LogP contribution in [-0.2, 0) is 4.84 Å². The fourth-order valence-electron chi connectivity index (χ4n) is 3.12. The number of nitrogens with zero attached hydrogens (tertiary/aromatic N) is 1. The van der Waals surface area contributed by atoms with Crippen LogP contribution >= 0.6 is 0 Å². The molecule has 0 radical (unpaired) electrons. The first kappa shape index (κ1) is 14.5. The molecule has 4 nitrogen and oxygen atoms in total. The van der Waals surface area contributed by atoms with Crippen molar-refractivity contribution in [2.24, 2.45) is 0 Å². The predicted octanol–water partition coefficient (Wildman–Crippen LogP) is 3.74. The van der Waals surface area contributed by atoms with Gasteiger partial charge in [-0.2, -0.15) is 0 Å². The van der Waals surface area contributed by atoms with E-state index in [0.29, 0.717) is 11.3 Å². The van der Waals surface area contributed by atoms with Crippen LogP contribution in [0.15, 0.2) is 60.7 Å². The zero-order valence-corrected chi connectivity index (χ0v) is 13.4. The van der Waals surface area contributed by atoms with Gasteiger partial charge in [-0.05, 0) is 41.1 Å². The van der Waals surface area contributed by atoms with E-state index in [-0.39, 0.29) is 5.78 Å². The smallest absolute Gasteiger partial charge is 0.313 e. The first-order valence-corrected chi connectivity index (χ1v) is 7.66. The van der Waals surface area contributed by atoms with Gasteiger partial charge >= 0.3 is 5.71 Å². The number of carbonyl (C=O) groups is 1. The monoisotopic (exact) mass is 318 g/mol. The number of fused-ring (bicyclic) bond motifs is 2. The molecular formula is C20H16NO3+. The minimum atomic E-state index is -0.0275.